The first-order valence-corrected chi connectivity index (χ1v) is 12.3. The lowest BCUT2D eigenvalue weighted by Gasteiger charge is -2.33. The van der Waals surface area contributed by atoms with Crippen LogP contribution in [0.4, 0.5) is 0 Å². The van der Waals surface area contributed by atoms with Gasteiger partial charge in [-0.25, -0.2) is 0 Å². The van der Waals surface area contributed by atoms with Crippen molar-refractivity contribution in [3.63, 3.8) is 0 Å². The molecule has 32 heavy (non-hydrogen) atoms. The van der Waals surface area contributed by atoms with E-state index in [4.69, 9.17) is 23.2 Å². The summed E-state index contributed by atoms with van der Waals surface area (Å²) >= 11 is 12.5. The van der Waals surface area contributed by atoms with Gasteiger partial charge in [-0.2, -0.15) is 0 Å². The first-order chi connectivity index (χ1) is 15.5. The standard InChI is InChI=1S/C26H32Cl2N2O2/c1-2-24(26(32)29-22-11-7-4-8-12-22)30(18-20-14-15-21(27)17-23(20)28)25(31)16-13-19-9-5-3-6-10-19/h3,5-6,9-10,14-15,17,22,24H,2,4,7-8,11-13,16,18H2,1H3,(H,29,32)/t24-/m0/s1. The molecular formula is C26H32Cl2N2O2. The minimum Gasteiger partial charge on any atom is -0.352 e. The average molecular weight is 475 g/mol. The molecule has 172 valence electrons. The Morgan fingerprint density at radius 3 is 2.44 bits per heavy atom. The van der Waals surface area contributed by atoms with E-state index in [2.05, 4.69) is 5.32 Å². The van der Waals surface area contributed by atoms with Crippen LogP contribution in [0, 0.1) is 0 Å². The lowest BCUT2D eigenvalue weighted by atomic mass is 9.95. The van der Waals surface area contributed by atoms with Crippen LogP contribution in [0.25, 0.3) is 0 Å². The van der Waals surface area contributed by atoms with Gasteiger partial charge in [0, 0.05) is 29.1 Å². The monoisotopic (exact) mass is 474 g/mol. The summed E-state index contributed by atoms with van der Waals surface area (Å²) in [5.41, 5.74) is 1.89. The Hall–Kier alpha value is -2.04. The number of aryl methyl sites for hydroxylation is 1. The number of hydrogen-bond donors (Lipinski definition) is 1. The number of rotatable bonds is 9. The zero-order chi connectivity index (χ0) is 22.9. The SMILES string of the molecule is CC[C@@H](C(=O)NC1CCCCC1)N(Cc1ccc(Cl)cc1Cl)C(=O)CCc1ccccc1. The third kappa shape index (κ3) is 6.98. The highest BCUT2D eigenvalue weighted by molar-refractivity contribution is 6.35. The van der Waals surface area contributed by atoms with Crippen molar-refractivity contribution in [1.82, 2.24) is 10.2 Å². The Morgan fingerprint density at radius 1 is 1.06 bits per heavy atom. The maximum Gasteiger partial charge on any atom is 0.243 e. The van der Waals surface area contributed by atoms with Gasteiger partial charge in [-0.05, 0) is 48.9 Å². The summed E-state index contributed by atoms with van der Waals surface area (Å²) in [7, 11) is 0. The van der Waals surface area contributed by atoms with E-state index in [9.17, 15) is 9.59 Å². The molecule has 0 spiro atoms. The van der Waals surface area contributed by atoms with Crippen LogP contribution in [0.1, 0.15) is 63.0 Å². The van der Waals surface area contributed by atoms with E-state index in [1.165, 1.54) is 6.42 Å². The topological polar surface area (TPSA) is 49.4 Å². The quantitative estimate of drug-likeness (QED) is 0.471. The minimum atomic E-state index is -0.535. The first kappa shape index (κ1) is 24.6. The van der Waals surface area contributed by atoms with Gasteiger partial charge in [0.1, 0.15) is 6.04 Å². The molecule has 0 bridgehead atoms. The Bertz CT molecular complexity index is 898. The molecule has 0 aromatic heterocycles. The molecule has 0 heterocycles. The van der Waals surface area contributed by atoms with Crippen molar-refractivity contribution in [2.24, 2.45) is 0 Å². The number of halogens is 2. The van der Waals surface area contributed by atoms with Gasteiger partial charge in [0.15, 0.2) is 0 Å². The Morgan fingerprint density at radius 2 is 1.78 bits per heavy atom. The van der Waals surface area contributed by atoms with Crippen LogP contribution in [-0.2, 0) is 22.6 Å². The number of amides is 2. The predicted molar refractivity (Wildman–Crippen MR) is 131 cm³/mol. The van der Waals surface area contributed by atoms with E-state index in [1.807, 2.05) is 43.3 Å². The number of carbonyl (C=O) groups excluding carboxylic acids is 2. The van der Waals surface area contributed by atoms with E-state index < -0.39 is 6.04 Å². The zero-order valence-electron chi connectivity index (χ0n) is 18.7. The third-order valence-corrected chi connectivity index (χ3v) is 6.75. The molecule has 1 aliphatic rings. The maximum absolute atomic E-state index is 13.4. The molecule has 1 atom stereocenters. The largest absolute Gasteiger partial charge is 0.352 e. The highest BCUT2D eigenvalue weighted by atomic mass is 35.5. The summed E-state index contributed by atoms with van der Waals surface area (Å²) in [6.45, 7) is 2.23. The molecule has 6 heteroatoms. The van der Waals surface area contributed by atoms with Gasteiger partial charge < -0.3 is 10.2 Å². The fourth-order valence-corrected chi connectivity index (χ4v) is 4.81. The zero-order valence-corrected chi connectivity index (χ0v) is 20.2. The van der Waals surface area contributed by atoms with Crippen molar-refractivity contribution in [2.45, 2.75) is 76.9 Å². The molecule has 2 amide bonds. The molecule has 1 fully saturated rings. The van der Waals surface area contributed by atoms with Crippen molar-refractivity contribution >= 4 is 35.0 Å². The van der Waals surface area contributed by atoms with Crippen molar-refractivity contribution < 1.29 is 9.59 Å². The van der Waals surface area contributed by atoms with Crippen LogP contribution in [0.5, 0.6) is 0 Å². The Balaban J connectivity index is 1.78. The summed E-state index contributed by atoms with van der Waals surface area (Å²) in [5, 5.41) is 4.25. The second kappa shape index (κ2) is 12.3. The lowest BCUT2D eigenvalue weighted by molar-refractivity contribution is -0.141. The van der Waals surface area contributed by atoms with Gasteiger partial charge in [-0.15, -0.1) is 0 Å². The molecule has 0 unspecified atom stereocenters. The second-order valence-corrected chi connectivity index (χ2v) is 9.35. The van der Waals surface area contributed by atoms with Crippen LogP contribution >= 0.6 is 23.2 Å². The molecule has 2 aromatic rings. The Kier molecular flexibility index (Phi) is 9.43. The number of nitrogens with zero attached hydrogens (tertiary/aromatic N) is 1. The van der Waals surface area contributed by atoms with Gasteiger partial charge in [0.05, 0.1) is 0 Å². The van der Waals surface area contributed by atoms with Crippen molar-refractivity contribution in [1.29, 1.82) is 0 Å². The molecule has 0 aliphatic heterocycles. The van der Waals surface area contributed by atoms with Crippen molar-refractivity contribution in [3.8, 4) is 0 Å². The van der Waals surface area contributed by atoms with Gasteiger partial charge in [-0.1, -0.05) is 85.8 Å². The van der Waals surface area contributed by atoms with Crippen LogP contribution < -0.4 is 5.32 Å². The summed E-state index contributed by atoms with van der Waals surface area (Å²) in [5.74, 6) is -0.122. The predicted octanol–water partition coefficient (Wildman–Crippen LogP) is 6.18. The summed E-state index contributed by atoms with van der Waals surface area (Å²) in [6.07, 6.45) is 7.03. The molecule has 2 aromatic carbocycles. The van der Waals surface area contributed by atoms with Gasteiger partial charge in [-0.3, -0.25) is 9.59 Å². The molecule has 3 rings (SSSR count). The summed E-state index contributed by atoms with van der Waals surface area (Å²) in [6, 6.07) is 14.9. The maximum atomic E-state index is 13.4. The second-order valence-electron chi connectivity index (χ2n) is 8.51. The van der Waals surface area contributed by atoms with E-state index in [0.717, 1.165) is 36.8 Å². The highest BCUT2D eigenvalue weighted by Crippen LogP contribution is 2.25. The lowest BCUT2D eigenvalue weighted by Crippen LogP contribution is -2.51. The van der Waals surface area contributed by atoms with Crippen molar-refractivity contribution in [3.05, 3.63) is 69.7 Å². The molecule has 1 N–H and O–H groups in total. The van der Waals surface area contributed by atoms with Crippen LogP contribution in [0.3, 0.4) is 0 Å². The van der Waals surface area contributed by atoms with E-state index >= 15 is 0 Å². The normalized spacial score (nSPS) is 15.2. The number of carbonyl (C=O) groups is 2. The highest BCUT2D eigenvalue weighted by Gasteiger charge is 2.30. The molecule has 0 radical (unpaired) electrons. The molecular weight excluding hydrogens is 443 g/mol. The molecule has 0 saturated heterocycles. The van der Waals surface area contributed by atoms with Gasteiger partial charge in [0.25, 0.3) is 0 Å². The fourth-order valence-electron chi connectivity index (χ4n) is 4.34. The number of hydrogen-bond acceptors (Lipinski definition) is 2. The fraction of sp³-hybridized carbons (Fsp3) is 0.462. The summed E-state index contributed by atoms with van der Waals surface area (Å²) < 4.78 is 0. The Labute approximate surface area is 201 Å². The van der Waals surface area contributed by atoms with E-state index in [-0.39, 0.29) is 24.4 Å². The molecule has 4 nitrogen and oxygen atoms in total. The van der Waals surface area contributed by atoms with Gasteiger partial charge in [0.2, 0.25) is 11.8 Å². The smallest absolute Gasteiger partial charge is 0.243 e. The van der Waals surface area contributed by atoms with E-state index in [1.54, 1.807) is 17.0 Å². The molecule has 1 saturated carbocycles. The van der Waals surface area contributed by atoms with Crippen molar-refractivity contribution in [2.75, 3.05) is 0 Å². The summed E-state index contributed by atoms with van der Waals surface area (Å²) in [4.78, 5) is 28.3. The average Bonchev–Trinajstić information content (AvgIpc) is 2.80. The van der Waals surface area contributed by atoms with E-state index in [0.29, 0.717) is 29.3 Å². The first-order valence-electron chi connectivity index (χ1n) is 11.6. The van der Waals surface area contributed by atoms with Gasteiger partial charge >= 0.3 is 0 Å². The minimum absolute atomic E-state index is 0.0505. The third-order valence-electron chi connectivity index (χ3n) is 6.16. The van der Waals surface area contributed by atoms with Crippen LogP contribution in [-0.4, -0.2) is 28.8 Å². The molecule has 1 aliphatic carbocycles. The van der Waals surface area contributed by atoms with Crippen LogP contribution in [0.15, 0.2) is 48.5 Å². The number of benzene rings is 2. The van der Waals surface area contributed by atoms with Crippen LogP contribution in [0.2, 0.25) is 10.0 Å². The number of nitrogens with one attached hydrogen (secondary N) is 1.